The second-order valence-electron chi connectivity index (χ2n) is 4.61. The first-order valence-electron chi connectivity index (χ1n) is 6.54. The number of carboxylic acids is 1. The Labute approximate surface area is 125 Å². The molecule has 0 fully saturated rings. The van der Waals surface area contributed by atoms with E-state index < -0.39 is 5.97 Å². The van der Waals surface area contributed by atoms with Crippen molar-refractivity contribution in [3.63, 3.8) is 0 Å². The summed E-state index contributed by atoms with van der Waals surface area (Å²) in [7, 11) is 0. The van der Waals surface area contributed by atoms with Gasteiger partial charge in [-0.2, -0.15) is 0 Å². The van der Waals surface area contributed by atoms with Crippen LogP contribution in [-0.2, 0) is 0 Å². The molecule has 0 aliphatic rings. The van der Waals surface area contributed by atoms with Gasteiger partial charge >= 0.3 is 5.97 Å². The number of hydrogen-bond donors (Lipinski definition) is 1. The fraction of sp³-hybridized carbons (Fsp3) is 0.200. The Balaban J connectivity index is 2.09. The molecule has 0 spiro atoms. The fourth-order valence-electron chi connectivity index (χ4n) is 2.26. The maximum atomic E-state index is 11.0. The molecule has 0 bridgehead atoms. The van der Waals surface area contributed by atoms with Crippen molar-refractivity contribution in [2.75, 3.05) is 6.61 Å². The van der Waals surface area contributed by atoms with Gasteiger partial charge in [0.25, 0.3) is 0 Å². The first-order chi connectivity index (χ1) is 10.1. The Bertz CT molecular complexity index is 820. The van der Waals surface area contributed by atoms with Crippen LogP contribution >= 0.6 is 11.3 Å². The molecule has 5 nitrogen and oxygen atoms in total. The molecule has 1 N–H and O–H groups in total. The lowest BCUT2D eigenvalue weighted by molar-refractivity contribution is 0.0691. The van der Waals surface area contributed by atoms with E-state index in [1.165, 1.54) is 11.3 Å². The summed E-state index contributed by atoms with van der Waals surface area (Å²) in [5.41, 5.74) is 3.12. The highest BCUT2D eigenvalue weighted by atomic mass is 32.1. The molecule has 0 aliphatic carbocycles. The van der Waals surface area contributed by atoms with Crippen molar-refractivity contribution in [1.29, 1.82) is 0 Å². The number of aromatic carboxylic acids is 1. The molecular formula is C15H14N2O3S. The average Bonchev–Trinajstić information content (AvgIpc) is 3.00. The normalized spacial score (nSPS) is 11.0. The number of benzene rings is 1. The predicted molar refractivity (Wildman–Crippen MR) is 81.4 cm³/mol. The molecule has 3 aromatic rings. The first-order valence-corrected chi connectivity index (χ1v) is 7.42. The number of aromatic nitrogens is 2. The van der Waals surface area contributed by atoms with Gasteiger partial charge in [-0.3, -0.25) is 4.40 Å². The minimum Gasteiger partial charge on any atom is -0.494 e. The highest BCUT2D eigenvalue weighted by Crippen LogP contribution is 2.30. The number of carbonyl (C=O) groups is 1. The summed E-state index contributed by atoms with van der Waals surface area (Å²) in [4.78, 5) is 15.8. The molecule has 2 aromatic heterocycles. The summed E-state index contributed by atoms with van der Waals surface area (Å²) in [6.45, 7) is 4.59. The zero-order valence-electron chi connectivity index (χ0n) is 11.7. The van der Waals surface area contributed by atoms with Crippen LogP contribution in [0, 0.1) is 6.92 Å². The van der Waals surface area contributed by atoms with E-state index in [1.54, 1.807) is 6.20 Å². The van der Waals surface area contributed by atoms with E-state index >= 15 is 0 Å². The van der Waals surface area contributed by atoms with Crippen LogP contribution in [0.15, 0.2) is 29.8 Å². The Morgan fingerprint density at radius 2 is 2.29 bits per heavy atom. The summed E-state index contributed by atoms with van der Waals surface area (Å²) in [5, 5.41) is 11.0. The van der Waals surface area contributed by atoms with Crippen LogP contribution in [0.1, 0.15) is 23.0 Å². The van der Waals surface area contributed by atoms with Crippen molar-refractivity contribution in [2.45, 2.75) is 13.8 Å². The molecule has 6 heteroatoms. The Hall–Kier alpha value is -2.34. The second-order valence-corrected chi connectivity index (χ2v) is 5.45. The van der Waals surface area contributed by atoms with E-state index in [-0.39, 0.29) is 5.69 Å². The molecule has 21 heavy (non-hydrogen) atoms. The highest BCUT2D eigenvalue weighted by molar-refractivity contribution is 7.15. The van der Waals surface area contributed by atoms with E-state index in [0.717, 1.165) is 22.6 Å². The van der Waals surface area contributed by atoms with Gasteiger partial charge in [0, 0.05) is 17.1 Å². The number of nitrogens with zero attached hydrogens (tertiary/aromatic N) is 2. The van der Waals surface area contributed by atoms with Crippen LogP contribution in [0.25, 0.3) is 16.2 Å². The summed E-state index contributed by atoms with van der Waals surface area (Å²) in [5.74, 6) is -0.178. The molecule has 0 unspecified atom stereocenters. The first kappa shape index (κ1) is 13.6. The van der Waals surface area contributed by atoms with Crippen molar-refractivity contribution in [3.8, 4) is 17.0 Å². The molecule has 0 saturated carbocycles. The summed E-state index contributed by atoms with van der Waals surface area (Å²) in [6, 6.07) is 5.89. The van der Waals surface area contributed by atoms with E-state index in [4.69, 9.17) is 9.84 Å². The monoisotopic (exact) mass is 302 g/mol. The molecule has 0 saturated heterocycles. The van der Waals surface area contributed by atoms with Gasteiger partial charge in [-0.05, 0) is 37.6 Å². The van der Waals surface area contributed by atoms with Crippen molar-refractivity contribution >= 4 is 22.3 Å². The van der Waals surface area contributed by atoms with Crippen molar-refractivity contribution < 1.29 is 14.6 Å². The van der Waals surface area contributed by atoms with Crippen molar-refractivity contribution in [3.05, 3.63) is 41.0 Å². The number of imidazole rings is 1. The second kappa shape index (κ2) is 5.21. The number of ether oxygens (including phenoxy) is 1. The zero-order valence-corrected chi connectivity index (χ0v) is 12.5. The Morgan fingerprint density at radius 3 is 2.95 bits per heavy atom. The lowest BCUT2D eigenvalue weighted by Gasteiger charge is -2.08. The van der Waals surface area contributed by atoms with Gasteiger partial charge in [-0.1, -0.05) is 0 Å². The number of fused-ring (bicyclic) bond motifs is 1. The quantitative estimate of drug-likeness (QED) is 0.801. The lowest BCUT2D eigenvalue weighted by atomic mass is 10.1. The summed E-state index contributed by atoms with van der Waals surface area (Å²) < 4.78 is 7.30. The topological polar surface area (TPSA) is 63.8 Å². The number of rotatable bonds is 4. The van der Waals surface area contributed by atoms with Gasteiger partial charge in [0.05, 0.1) is 12.3 Å². The van der Waals surface area contributed by atoms with Gasteiger partial charge in [-0.15, -0.1) is 11.3 Å². The van der Waals surface area contributed by atoms with Crippen LogP contribution in [0.3, 0.4) is 0 Å². The van der Waals surface area contributed by atoms with Crippen LogP contribution in [-0.4, -0.2) is 27.1 Å². The minimum atomic E-state index is -1.01. The Kier molecular flexibility index (Phi) is 3.39. The third-order valence-electron chi connectivity index (χ3n) is 3.21. The third kappa shape index (κ3) is 2.38. The number of aryl methyl sites for hydroxylation is 1. The molecular weight excluding hydrogens is 288 g/mol. The van der Waals surface area contributed by atoms with Crippen LogP contribution in [0.5, 0.6) is 5.75 Å². The maximum Gasteiger partial charge on any atom is 0.356 e. The van der Waals surface area contributed by atoms with E-state index in [1.807, 2.05) is 41.8 Å². The molecule has 2 heterocycles. The Morgan fingerprint density at radius 1 is 1.48 bits per heavy atom. The molecule has 0 aliphatic heterocycles. The molecule has 1 aromatic carbocycles. The summed E-state index contributed by atoms with van der Waals surface area (Å²) >= 11 is 1.43. The largest absolute Gasteiger partial charge is 0.494 e. The predicted octanol–water partition coefficient (Wildman–Crippen LogP) is 3.47. The van der Waals surface area contributed by atoms with Gasteiger partial charge in [0.15, 0.2) is 10.7 Å². The van der Waals surface area contributed by atoms with E-state index in [9.17, 15) is 4.79 Å². The van der Waals surface area contributed by atoms with Gasteiger partial charge < -0.3 is 9.84 Å². The zero-order chi connectivity index (χ0) is 15.0. The molecule has 0 amide bonds. The van der Waals surface area contributed by atoms with E-state index in [0.29, 0.717) is 11.6 Å². The van der Waals surface area contributed by atoms with Gasteiger partial charge in [0.1, 0.15) is 5.75 Å². The number of hydrogen-bond acceptors (Lipinski definition) is 4. The average molecular weight is 302 g/mol. The number of carboxylic acid groups (broad SMARTS) is 1. The lowest BCUT2D eigenvalue weighted by Crippen LogP contribution is -1.95. The SMILES string of the molecule is CCOc1ccc(-c2csc3nc(C(=O)O)cn23)c(C)c1. The smallest absolute Gasteiger partial charge is 0.356 e. The van der Waals surface area contributed by atoms with Gasteiger partial charge in [0.2, 0.25) is 0 Å². The van der Waals surface area contributed by atoms with Gasteiger partial charge in [-0.25, -0.2) is 9.78 Å². The highest BCUT2D eigenvalue weighted by Gasteiger charge is 2.15. The maximum absolute atomic E-state index is 11.0. The van der Waals surface area contributed by atoms with Crippen LogP contribution in [0.2, 0.25) is 0 Å². The molecule has 3 rings (SSSR count). The van der Waals surface area contributed by atoms with Crippen molar-refractivity contribution in [1.82, 2.24) is 9.38 Å². The van der Waals surface area contributed by atoms with Crippen molar-refractivity contribution in [2.24, 2.45) is 0 Å². The fourth-order valence-corrected chi connectivity index (χ4v) is 3.13. The number of thiazole rings is 1. The van der Waals surface area contributed by atoms with Crippen LogP contribution in [0.4, 0.5) is 0 Å². The standard InChI is InChI=1S/C15H14N2O3S/c1-3-20-10-4-5-11(9(2)6-10)13-8-21-15-16-12(14(18)19)7-17(13)15/h4-8H,3H2,1-2H3,(H,18,19). The molecule has 0 atom stereocenters. The van der Waals surface area contributed by atoms with E-state index in [2.05, 4.69) is 4.98 Å². The summed E-state index contributed by atoms with van der Waals surface area (Å²) in [6.07, 6.45) is 1.55. The molecule has 108 valence electrons. The minimum absolute atomic E-state index is 0.0617. The third-order valence-corrected chi connectivity index (χ3v) is 4.05. The van der Waals surface area contributed by atoms with Crippen LogP contribution < -0.4 is 4.74 Å². The molecule has 0 radical (unpaired) electrons.